The Kier molecular flexibility index (Phi) is 4.11. The average molecular weight is 330 g/mol. The van der Waals surface area contributed by atoms with Gasteiger partial charge in [0.05, 0.1) is 10.6 Å². The van der Waals surface area contributed by atoms with Gasteiger partial charge in [0, 0.05) is 25.9 Å². The number of pyridine rings is 1. The van der Waals surface area contributed by atoms with Crippen molar-refractivity contribution < 1.29 is 14.1 Å². The van der Waals surface area contributed by atoms with Gasteiger partial charge in [-0.05, 0) is 24.6 Å². The molecule has 0 radical (unpaired) electrons. The number of rotatable bonds is 4. The predicted octanol–water partition coefficient (Wildman–Crippen LogP) is 2.37. The molecule has 24 heavy (non-hydrogen) atoms. The number of nitrogens with zero attached hydrogens (tertiary/aromatic N) is 4. The van der Waals surface area contributed by atoms with E-state index in [4.69, 9.17) is 0 Å². The summed E-state index contributed by atoms with van der Waals surface area (Å²) < 4.78 is 13.9. The van der Waals surface area contributed by atoms with E-state index >= 15 is 0 Å². The number of amides is 1. The SMILES string of the molecule is CN(c1ncccc1[N+](=O)[O-])[C@@H]1CCN(c2ccccc2F)C1=O. The fourth-order valence-electron chi connectivity index (χ4n) is 2.88. The largest absolute Gasteiger partial charge is 0.342 e. The zero-order valence-electron chi connectivity index (χ0n) is 12.9. The van der Waals surface area contributed by atoms with E-state index in [0.29, 0.717) is 13.0 Å². The van der Waals surface area contributed by atoms with Crippen molar-refractivity contribution in [2.24, 2.45) is 0 Å². The summed E-state index contributed by atoms with van der Waals surface area (Å²) in [6.07, 6.45) is 1.87. The molecular formula is C16H15FN4O3. The molecule has 1 aliphatic rings. The minimum atomic E-state index is -0.627. The third-order valence-electron chi connectivity index (χ3n) is 4.08. The molecule has 124 valence electrons. The topological polar surface area (TPSA) is 79.6 Å². The number of halogens is 1. The lowest BCUT2D eigenvalue weighted by atomic mass is 10.2. The highest BCUT2D eigenvalue weighted by atomic mass is 19.1. The number of aromatic nitrogens is 1. The average Bonchev–Trinajstić information content (AvgIpc) is 2.96. The molecule has 0 spiro atoms. The molecule has 1 saturated heterocycles. The van der Waals surface area contributed by atoms with Crippen LogP contribution in [0, 0.1) is 15.9 Å². The Morgan fingerprint density at radius 1 is 1.33 bits per heavy atom. The maximum Gasteiger partial charge on any atom is 0.311 e. The predicted molar refractivity (Wildman–Crippen MR) is 86.5 cm³/mol. The summed E-state index contributed by atoms with van der Waals surface area (Å²) in [5.41, 5.74) is 0.0473. The molecular weight excluding hydrogens is 315 g/mol. The second-order valence-corrected chi connectivity index (χ2v) is 5.46. The molecule has 1 atom stereocenters. The smallest absolute Gasteiger partial charge is 0.311 e. The lowest BCUT2D eigenvalue weighted by Crippen LogP contribution is -2.40. The number of likely N-dealkylation sites (N-methyl/N-ethyl adjacent to an activating group) is 1. The molecule has 0 saturated carbocycles. The van der Waals surface area contributed by atoms with Gasteiger partial charge in [-0.1, -0.05) is 12.1 Å². The van der Waals surface area contributed by atoms with Crippen molar-refractivity contribution in [3.05, 3.63) is 58.5 Å². The summed E-state index contributed by atoms with van der Waals surface area (Å²) in [5.74, 6) is -0.656. The van der Waals surface area contributed by atoms with Crippen LogP contribution in [-0.4, -0.2) is 35.4 Å². The molecule has 2 heterocycles. The van der Waals surface area contributed by atoms with Gasteiger partial charge in [-0.2, -0.15) is 0 Å². The Hall–Kier alpha value is -3.03. The normalized spacial score (nSPS) is 17.2. The standard InChI is InChI=1S/C16H15FN4O3/c1-19(15-13(21(23)24)7-4-9-18-15)14-8-10-20(16(14)22)12-6-3-2-5-11(12)17/h2-7,9,14H,8,10H2,1H3/t14-/m1/s1. The minimum absolute atomic E-state index is 0.122. The van der Waals surface area contributed by atoms with Crippen LogP contribution in [0.3, 0.4) is 0 Å². The number of benzene rings is 1. The number of hydrogen-bond donors (Lipinski definition) is 0. The van der Waals surface area contributed by atoms with Crippen LogP contribution < -0.4 is 9.80 Å². The Morgan fingerprint density at radius 3 is 2.79 bits per heavy atom. The van der Waals surface area contributed by atoms with Crippen molar-refractivity contribution in [1.82, 2.24) is 4.98 Å². The highest BCUT2D eigenvalue weighted by molar-refractivity contribution is 6.01. The van der Waals surface area contributed by atoms with E-state index in [1.165, 1.54) is 34.2 Å². The third-order valence-corrected chi connectivity index (χ3v) is 4.08. The van der Waals surface area contributed by atoms with E-state index in [2.05, 4.69) is 4.98 Å². The summed E-state index contributed by atoms with van der Waals surface area (Å²) in [4.78, 5) is 30.2. The number of anilines is 2. The number of nitro groups is 1. The van der Waals surface area contributed by atoms with Crippen molar-refractivity contribution in [3.63, 3.8) is 0 Å². The third kappa shape index (κ3) is 2.66. The molecule has 0 N–H and O–H groups in total. The quantitative estimate of drug-likeness (QED) is 0.635. The van der Waals surface area contributed by atoms with Gasteiger partial charge in [-0.15, -0.1) is 0 Å². The van der Waals surface area contributed by atoms with Crippen molar-refractivity contribution in [3.8, 4) is 0 Å². The second kappa shape index (κ2) is 6.23. The Labute approximate surface area is 137 Å². The summed E-state index contributed by atoms with van der Waals surface area (Å²) in [6.45, 7) is 0.343. The van der Waals surface area contributed by atoms with Gasteiger partial charge in [-0.25, -0.2) is 9.37 Å². The number of carbonyl (C=O) groups excluding carboxylic acids is 1. The number of hydrogen-bond acceptors (Lipinski definition) is 5. The second-order valence-electron chi connectivity index (χ2n) is 5.46. The van der Waals surface area contributed by atoms with Crippen LogP contribution in [0.15, 0.2) is 42.6 Å². The Morgan fingerprint density at radius 2 is 2.08 bits per heavy atom. The van der Waals surface area contributed by atoms with E-state index in [1.807, 2.05) is 0 Å². The monoisotopic (exact) mass is 330 g/mol. The zero-order chi connectivity index (χ0) is 17.3. The summed E-state index contributed by atoms with van der Waals surface area (Å²) in [6, 6.07) is 8.23. The number of carbonyl (C=O) groups is 1. The Balaban J connectivity index is 1.88. The van der Waals surface area contributed by atoms with Crippen LogP contribution in [0.4, 0.5) is 21.6 Å². The molecule has 0 aliphatic carbocycles. The first-order valence-electron chi connectivity index (χ1n) is 7.39. The van der Waals surface area contributed by atoms with E-state index in [9.17, 15) is 19.3 Å². The molecule has 0 unspecified atom stereocenters. The maximum absolute atomic E-state index is 13.9. The molecule has 7 nitrogen and oxygen atoms in total. The summed E-state index contributed by atoms with van der Waals surface area (Å²) in [7, 11) is 1.59. The van der Waals surface area contributed by atoms with E-state index in [0.717, 1.165) is 0 Å². The van der Waals surface area contributed by atoms with Gasteiger partial charge in [0.2, 0.25) is 11.7 Å². The fourth-order valence-corrected chi connectivity index (χ4v) is 2.88. The van der Waals surface area contributed by atoms with Crippen LogP contribution in [0.1, 0.15) is 6.42 Å². The zero-order valence-corrected chi connectivity index (χ0v) is 12.9. The van der Waals surface area contributed by atoms with Crippen molar-refractivity contribution in [1.29, 1.82) is 0 Å². The lowest BCUT2D eigenvalue weighted by Gasteiger charge is -2.24. The van der Waals surface area contributed by atoms with Gasteiger partial charge in [-0.3, -0.25) is 14.9 Å². The Bertz CT molecular complexity index is 798. The van der Waals surface area contributed by atoms with Crippen LogP contribution in [0.2, 0.25) is 0 Å². The summed E-state index contributed by atoms with van der Waals surface area (Å²) >= 11 is 0. The van der Waals surface area contributed by atoms with Crippen molar-refractivity contribution >= 4 is 23.1 Å². The molecule has 1 aromatic heterocycles. The van der Waals surface area contributed by atoms with E-state index in [1.54, 1.807) is 25.2 Å². The molecule has 1 amide bonds. The molecule has 1 fully saturated rings. The van der Waals surface area contributed by atoms with Crippen molar-refractivity contribution in [2.45, 2.75) is 12.5 Å². The van der Waals surface area contributed by atoms with Crippen molar-refractivity contribution in [2.75, 3.05) is 23.4 Å². The highest BCUT2D eigenvalue weighted by Crippen LogP contribution is 2.31. The molecule has 8 heteroatoms. The maximum atomic E-state index is 13.9. The van der Waals surface area contributed by atoms with E-state index < -0.39 is 16.8 Å². The van der Waals surface area contributed by atoms with Gasteiger partial charge < -0.3 is 9.80 Å². The molecule has 0 bridgehead atoms. The minimum Gasteiger partial charge on any atom is -0.342 e. The molecule has 1 aliphatic heterocycles. The first-order chi connectivity index (χ1) is 11.5. The van der Waals surface area contributed by atoms with Gasteiger partial charge >= 0.3 is 5.69 Å². The van der Waals surface area contributed by atoms with Crippen LogP contribution in [-0.2, 0) is 4.79 Å². The van der Waals surface area contributed by atoms with Crippen LogP contribution in [0.5, 0.6) is 0 Å². The fraction of sp³-hybridized carbons (Fsp3) is 0.250. The van der Waals surface area contributed by atoms with Gasteiger partial charge in [0.15, 0.2) is 0 Å². The molecule has 2 aromatic rings. The number of para-hydroxylation sites is 1. The molecule has 1 aromatic carbocycles. The first kappa shape index (κ1) is 15.9. The first-order valence-corrected chi connectivity index (χ1v) is 7.39. The lowest BCUT2D eigenvalue weighted by molar-refractivity contribution is -0.384. The van der Waals surface area contributed by atoms with Gasteiger partial charge in [0.25, 0.3) is 0 Å². The van der Waals surface area contributed by atoms with Gasteiger partial charge in [0.1, 0.15) is 11.9 Å². The van der Waals surface area contributed by atoms with Crippen LogP contribution in [0.25, 0.3) is 0 Å². The molecule has 3 rings (SSSR count). The van der Waals surface area contributed by atoms with Crippen LogP contribution >= 0.6 is 0 Å². The van der Waals surface area contributed by atoms with E-state index in [-0.39, 0.29) is 23.1 Å². The highest BCUT2D eigenvalue weighted by Gasteiger charge is 2.38. The summed E-state index contributed by atoms with van der Waals surface area (Å²) in [5, 5.41) is 11.1.